The lowest BCUT2D eigenvalue weighted by molar-refractivity contribution is -0.118. The van der Waals surface area contributed by atoms with Crippen LogP contribution < -0.4 is 5.32 Å². The second-order valence-electron chi connectivity index (χ2n) is 3.78. The molecule has 0 saturated heterocycles. The van der Waals surface area contributed by atoms with Crippen molar-refractivity contribution in [2.24, 2.45) is 0 Å². The van der Waals surface area contributed by atoms with E-state index >= 15 is 0 Å². The maximum Gasteiger partial charge on any atom is 0.356 e. The van der Waals surface area contributed by atoms with E-state index in [1.54, 1.807) is 0 Å². The number of carbonyl (C=O) groups is 2. The number of halogens is 1. The van der Waals surface area contributed by atoms with E-state index in [0.29, 0.717) is 6.04 Å². The quantitative estimate of drug-likeness (QED) is 0.624. The number of aromatic carboxylic acids is 1. The van der Waals surface area contributed by atoms with Gasteiger partial charge in [-0.1, -0.05) is 23.4 Å². The molecule has 18 heavy (non-hydrogen) atoms. The Hall–Kier alpha value is -1.34. The zero-order valence-corrected chi connectivity index (χ0v) is 10.8. The van der Waals surface area contributed by atoms with Crippen molar-refractivity contribution in [3.8, 4) is 0 Å². The third-order valence-electron chi connectivity index (χ3n) is 2.20. The number of carboxylic acid groups (broad SMARTS) is 1. The van der Waals surface area contributed by atoms with Crippen LogP contribution in [0.2, 0.25) is 5.02 Å². The zero-order valence-electron chi connectivity index (χ0n) is 9.22. The van der Waals surface area contributed by atoms with Crippen molar-refractivity contribution in [2.75, 3.05) is 5.75 Å². The summed E-state index contributed by atoms with van der Waals surface area (Å²) in [5, 5.41) is 11.9. The number of aromatic nitrogens is 2. The fraction of sp³-hybridized carbons (Fsp3) is 0.400. The van der Waals surface area contributed by atoms with Crippen LogP contribution in [0.15, 0.2) is 11.4 Å². The van der Waals surface area contributed by atoms with Crippen molar-refractivity contribution in [1.29, 1.82) is 0 Å². The summed E-state index contributed by atoms with van der Waals surface area (Å²) in [6.07, 6.45) is 3.27. The molecule has 0 radical (unpaired) electrons. The van der Waals surface area contributed by atoms with E-state index in [1.807, 2.05) is 0 Å². The van der Waals surface area contributed by atoms with Crippen LogP contribution in [-0.2, 0) is 4.79 Å². The van der Waals surface area contributed by atoms with Crippen molar-refractivity contribution in [1.82, 2.24) is 15.3 Å². The van der Waals surface area contributed by atoms with Crippen LogP contribution in [0.25, 0.3) is 0 Å². The number of hydrogen-bond acceptors (Lipinski definition) is 5. The van der Waals surface area contributed by atoms with Crippen LogP contribution in [0.4, 0.5) is 0 Å². The predicted octanol–water partition coefficient (Wildman–Crippen LogP) is 1.20. The Labute approximate surface area is 112 Å². The molecule has 1 fully saturated rings. The molecule has 0 spiro atoms. The molecule has 1 heterocycles. The fourth-order valence-electron chi connectivity index (χ4n) is 1.20. The van der Waals surface area contributed by atoms with E-state index in [9.17, 15) is 9.59 Å². The normalized spacial score (nSPS) is 14.3. The third-order valence-corrected chi connectivity index (χ3v) is 3.34. The lowest BCUT2D eigenvalue weighted by atomic mass is 10.4. The van der Waals surface area contributed by atoms with Crippen LogP contribution in [0.3, 0.4) is 0 Å². The van der Waals surface area contributed by atoms with Crippen LogP contribution >= 0.6 is 23.4 Å². The van der Waals surface area contributed by atoms with Gasteiger partial charge in [-0.25, -0.2) is 14.8 Å². The molecule has 1 aliphatic carbocycles. The summed E-state index contributed by atoms with van der Waals surface area (Å²) in [5.74, 6) is -1.15. The van der Waals surface area contributed by atoms with Gasteiger partial charge < -0.3 is 10.4 Å². The summed E-state index contributed by atoms with van der Waals surface area (Å²) in [7, 11) is 0. The zero-order chi connectivity index (χ0) is 13.1. The molecule has 1 aliphatic rings. The van der Waals surface area contributed by atoms with Gasteiger partial charge in [-0.2, -0.15) is 0 Å². The Morgan fingerprint density at radius 3 is 2.89 bits per heavy atom. The number of carbonyl (C=O) groups excluding carboxylic acids is 1. The molecule has 0 aromatic carbocycles. The van der Waals surface area contributed by atoms with Gasteiger partial charge in [0.25, 0.3) is 0 Å². The highest BCUT2D eigenvalue weighted by Crippen LogP contribution is 2.20. The van der Waals surface area contributed by atoms with Crippen molar-refractivity contribution in [3.05, 3.63) is 16.9 Å². The van der Waals surface area contributed by atoms with Gasteiger partial charge in [-0.3, -0.25) is 4.79 Å². The molecule has 1 amide bonds. The second kappa shape index (κ2) is 5.53. The van der Waals surface area contributed by atoms with E-state index in [-0.39, 0.29) is 27.5 Å². The van der Waals surface area contributed by atoms with E-state index in [2.05, 4.69) is 15.3 Å². The van der Waals surface area contributed by atoms with Crippen molar-refractivity contribution >= 4 is 35.2 Å². The Bertz CT molecular complexity index is 493. The first kappa shape index (κ1) is 13.1. The minimum atomic E-state index is -1.22. The molecule has 0 atom stereocenters. The summed E-state index contributed by atoms with van der Waals surface area (Å²) in [5.41, 5.74) is -0.253. The SMILES string of the molecule is O=C(CSc1ncc(Cl)c(C(=O)O)n1)NC1CC1. The van der Waals surface area contributed by atoms with Crippen molar-refractivity contribution < 1.29 is 14.7 Å². The molecule has 1 saturated carbocycles. The smallest absolute Gasteiger partial charge is 0.356 e. The predicted molar refractivity (Wildman–Crippen MR) is 65.9 cm³/mol. The Morgan fingerprint density at radius 1 is 1.56 bits per heavy atom. The van der Waals surface area contributed by atoms with E-state index < -0.39 is 5.97 Å². The molecule has 2 rings (SSSR count). The van der Waals surface area contributed by atoms with Crippen LogP contribution in [0.1, 0.15) is 23.3 Å². The van der Waals surface area contributed by atoms with E-state index in [0.717, 1.165) is 24.6 Å². The average Bonchev–Trinajstić information content (AvgIpc) is 3.11. The van der Waals surface area contributed by atoms with Gasteiger partial charge >= 0.3 is 5.97 Å². The van der Waals surface area contributed by atoms with Crippen LogP contribution in [0.5, 0.6) is 0 Å². The lowest BCUT2D eigenvalue weighted by Crippen LogP contribution is -2.27. The van der Waals surface area contributed by atoms with Gasteiger partial charge in [-0.05, 0) is 12.8 Å². The molecule has 8 heteroatoms. The summed E-state index contributed by atoms with van der Waals surface area (Å²) in [6, 6.07) is 0.304. The number of amides is 1. The van der Waals surface area contributed by atoms with Gasteiger partial charge in [0.05, 0.1) is 17.0 Å². The van der Waals surface area contributed by atoms with Gasteiger partial charge in [0, 0.05) is 6.04 Å². The molecular formula is C10H10ClN3O3S. The maximum absolute atomic E-state index is 11.4. The first-order valence-electron chi connectivity index (χ1n) is 5.24. The monoisotopic (exact) mass is 287 g/mol. The molecular weight excluding hydrogens is 278 g/mol. The minimum Gasteiger partial charge on any atom is -0.476 e. The number of carboxylic acids is 1. The Kier molecular flexibility index (Phi) is 4.03. The molecule has 0 bridgehead atoms. The molecule has 6 nitrogen and oxygen atoms in total. The Balaban J connectivity index is 1.94. The highest BCUT2D eigenvalue weighted by Gasteiger charge is 2.23. The van der Waals surface area contributed by atoms with Crippen LogP contribution in [0, 0.1) is 0 Å². The van der Waals surface area contributed by atoms with Crippen LogP contribution in [-0.4, -0.2) is 38.7 Å². The summed E-state index contributed by atoms with van der Waals surface area (Å²) >= 11 is 6.72. The lowest BCUT2D eigenvalue weighted by Gasteiger charge is -2.03. The van der Waals surface area contributed by atoms with Gasteiger partial charge in [-0.15, -0.1) is 0 Å². The summed E-state index contributed by atoms with van der Waals surface area (Å²) < 4.78 is 0. The largest absolute Gasteiger partial charge is 0.476 e. The summed E-state index contributed by atoms with van der Waals surface area (Å²) in [6.45, 7) is 0. The highest BCUT2D eigenvalue weighted by molar-refractivity contribution is 7.99. The fourth-order valence-corrected chi connectivity index (χ4v) is 2.00. The number of thioether (sulfide) groups is 1. The number of rotatable bonds is 5. The first-order chi connectivity index (χ1) is 8.56. The average molecular weight is 288 g/mol. The van der Waals surface area contributed by atoms with Gasteiger partial charge in [0.15, 0.2) is 10.9 Å². The number of hydrogen-bond donors (Lipinski definition) is 2. The number of nitrogens with zero attached hydrogens (tertiary/aromatic N) is 2. The van der Waals surface area contributed by atoms with Gasteiger partial charge in [0.1, 0.15) is 0 Å². The minimum absolute atomic E-state index is 0.0192. The van der Waals surface area contributed by atoms with E-state index in [4.69, 9.17) is 16.7 Å². The molecule has 1 aromatic rings. The summed E-state index contributed by atoms with van der Waals surface area (Å²) in [4.78, 5) is 29.9. The molecule has 0 aliphatic heterocycles. The van der Waals surface area contributed by atoms with Crippen molar-refractivity contribution in [2.45, 2.75) is 24.0 Å². The Morgan fingerprint density at radius 2 is 2.28 bits per heavy atom. The maximum atomic E-state index is 11.4. The molecule has 1 aromatic heterocycles. The molecule has 96 valence electrons. The molecule has 2 N–H and O–H groups in total. The third kappa shape index (κ3) is 3.58. The number of nitrogens with one attached hydrogen (secondary N) is 1. The van der Waals surface area contributed by atoms with Crippen molar-refractivity contribution in [3.63, 3.8) is 0 Å². The second-order valence-corrected chi connectivity index (χ2v) is 5.13. The topological polar surface area (TPSA) is 92.2 Å². The van der Waals surface area contributed by atoms with E-state index in [1.165, 1.54) is 6.20 Å². The first-order valence-corrected chi connectivity index (χ1v) is 6.60. The standard InChI is InChI=1S/C10H10ClN3O3S/c11-6-3-12-10(14-8(6)9(16)17)18-4-7(15)13-5-1-2-5/h3,5H,1-2,4H2,(H,13,15)(H,16,17). The molecule has 0 unspecified atom stereocenters. The van der Waals surface area contributed by atoms with Gasteiger partial charge in [0.2, 0.25) is 5.91 Å². The highest BCUT2D eigenvalue weighted by atomic mass is 35.5.